The number of aromatic nitrogens is 1. The molecule has 0 spiro atoms. The zero-order chi connectivity index (χ0) is 18.4. The maximum Gasteiger partial charge on any atom is 0.389 e. The topological polar surface area (TPSA) is 30.2 Å². The van der Waals surface area contributed by atoms with Crippen LogP contribution in [0.5, 0.6) is 0 Å². The van der Waals surface area contributed by atoms with Crippen molar-refractivity contribution in [1.29, 1.82) is 0 Å². The van der Waals surface area contributed by atoms with Crippen LogP contribution in [-0.2, 0) is 13.1 Å². The highest BCUT2D eigenvalue weighted by Gasteiger charge is 2.46. The standard InChI is InChI=1S/C21H35INO2/c1-3-5-6-7-8-9-10-11-12-14-17-21(22,20(24)25-4-2)23-18-15-13-16-19-23/h13,15-16,18-19H,3-12,14,17H2,1-2H3/q+1. The van der Waals surface area contributed by atoms with Gasteiger partial charge in [0.1, 0.15) is 0 Å². The Balaban J connectivity index is 2.33. The molecule has 0 amide bonds. The molecular weight excluding hydrogens is 425 g/mol. The van der Waals surface area contributed by atoms with Gasteiger partial charge < -0.3 is 4.74 Å². The Kier molecular flexibility index (Phi) is 12.1. The van der Waals surface area contributed by atoms with Crippen molar-refractivity contribution in [2.45, 2.75) is 88.0 Å². The molecule has 1 unspecified atom stereocenters. The molecule has 0 saturated carbocycles. The summed E-state index contributed by atoms with van der Waals surface area (Å²) in [5.74, 6) is -0.136. The minimum Gasteiger partial charge on any atom is -0.460 e. The van der Waals surface area contributed by atoms with Gasteiger partial charge in [-0.2, -0.15) is 4.57 Å². The summed E-state index contributed by atoms with van der Waals surface area (Å²) < 4.78 is 6.69. The first-order chi connectivity index (χ1) is 12.1. The van der Waals surface area contributed by atoms with E-state index in [-0.39, 0.29) is 5.97 Å². The minimum atomic E-state index is -0.630. The van der Waals surface area contributed by atoms with Crippen LogP contribution in [0.2, 0.25) is 0 Å². The summed E-state index contributed by atoms with van der Waals surface area (Å²) >= 11 is 2.27. The number of hydrogen-bond acceptors (Lipinski definition) is 2. The van der Waals surface area contributed by atoms with Crippen molar-refractivity contribution in [2.75, 3.05) is 6.61 Å². The van der Waals surface area contributed by atoms with Crippen molar-refractivity contribution in [3.63, 3.8) is 0 Å². The summed E-state index contributed by atoms with van der Waals surface area (Å²) in [6.45, 7) is 4.55. The van der Waals surface area contributed by atoms with E-state index in [1.54, 1.807) is 0 Å². The Hall–Kier alpha value is -0.650. The van der Waals surface area contributed by atoms with E-state index in [1.807, 2.05) is 42.1 Å². The average Bonchev–Trinajstić information content (AvgIpc) is 2.64. The number of halogens is 1. The number of pyridine rings is 1. The lowest BCUT2D eigenvalue weighted by Gasteiger charge is -2.20. The number of unbranched alkanes of at least 4 members (excludes halogenated alkanes) is 9. The quantitative estimate of drug-likeness (QED) is 0.113. The number of esters is 1. The van der Waals surface area contributed by atoms with Crippen LogP contribution in [0, 0.1) is 0 Å². The Morgan fingerprint density at radius 1 is 0.880 bits per heavy atom. The van der Waals surface area contributed by atoms with E-state index in [1.165, 1.54) is 57.8 Å². The Morgan fingerprint density at radius 3 is 1.92 bits per heavy atom. The molecule has 0 bridgehead atoms. The zero-order valence-electron chi connectivity index (χ0n) is 16.0. The maximum absolute atomic E-state index is 12.5. The van der Waals surface area contributed by atoms with Crippen LogP contribution in [0.15, 0.2) is 30.6 Å². The second kappa shape index (κ2) is 13.5. The number of carbonyl (C=O) groups excluding carboxylic acids is 1. The van der Waals surface area contributed by atoms with Gasteiger partial charge in [-0.15, -0.1) is 0 Å². The molecule has 1 heterocycles. The smallest absolute Gasteiger partial charge is 0.389 e. The van der Waals surface area contributed by atoms with Gasteiger partial charge in [0.2, 0.25) is 0 Å². The maximum atomic E-state index is 12.5. The third kappa shape index (κ3) is 8.52. The van der Waals surface area contributed by atoms with Crippen LogP contribution in [-0.4, -0.2) is 12.6 Å². The summed E-state index contributed by atoms with van der Waals surface area (Å²) in [4.78, 5) is 12.5. The number of carbonyl (C=O) groups is 1. The lowest BCUT2D eigenvalue weighted by Crippen LogP contribution is -2.57. The number of rotatable bonds is 14. The first kappa shape index (κ1) is 22.4. The zero-order valence-corrected chi connectivity index (χ0v) is 18.2. The number of hydrogen-bond donors (Lipinski definition) is 0. The lowest BCUT2D eigenvalue weighted by atomic mass is 10.0. The van der Waals surface area contributed by atoms with E-state index in [9.17, 15) is 4.79 Å². The first-order valence-corrected chi connectivity index (χ1v) is 11.1. The molecule has 3 nitrogen and oxygen atoms in total. The molecule has 25 heavy (non-hydrogen) atoms. The highest BCUT2D eigenvalue weighted by Crippen LogP contribution is 2.28. The van der Waals surface area contributed by atoms with Gasteiger partial charge in [0.15, 0.2) is 12.4 Å². The van der Waals surface area contributed by atoms with Crippen LogP contribution < -0.4 is 4.57 Å². The van der Waals surface area contributed by atoms with Gasteiger partial charge in [-0.05, 0) is 13.3 Å². The van der Waals surface area contributed by atoms with Crippen molar-refractivity contribution < 1.29 is 14.1 Å². The highest BCUT2D eigenvalue weighted by atomic mass is 127. The van der Waals surface area contributed by atoms with Gasteiger partial charge in [-0.3, -0.25) is 0 Å². The van der Waals surface area contributed by atoms with Crippen molar-refractivity contribution in [3.05, 3.63) is 30.6 Å². The molecule has 1 aromatic rings. The second-order valence-electron chi connectivity index (χ2n) is 6.69. The van der Waals surface area contributed by atoms with Crippen LogP contribution in [0.1, 0.15) is 84.5 Å². The summed E-state index contributed by atoms with van der Waals surface area (Å²) in [5, 5.41) is 0. The molecule has 0 aromatic carbocycles. The molecule has 0 aliphatic carbocycles. The molecule has 4 heteroatoms. The van der Waals surface area contributed by atoms with Crippen molar-refractivity contribution in [1.82, 2.24) is 0 Å². The summed E-state index contributed by atoms with van der Waals surface area (Å²) in [5.41, 5.74) is 0. The molecule has 0 fully saturated rings. The van der Waals surface area contributed by atoms with Gasteiger partial charge in [0.25, 0.3) is 0 Å². The summed E-state index contributed by atoms with van der Waals surface area (Å²) in [6, 6.07) is 5.90. The molecule has 0 aliphatic heterocycles. The molecular formula is C21H35INO2+. The Labute approximate surface area is 167 Å². The molecule has 0 saturated heterocycles. The van der Waals surface area contributed by atoms with E-state index < -0.39 is 3.55 Å². The van der Waals surface area contributed by atoms with E-state index in [0.717, 1.165) is 12.8 Å². The molecule has 0 radical (unpaired) electrons. The predicted octanol–water partition coefficient (Wildman–Crippen LogP) is 5.94. The largest absolute Gasteiger partial charge is 0.460 e. The van der Waals surface area contributed by atoms with Crippen LogP contribution in [0.3, 0.4) is 0 Å². The van der Waals surface area contributed by atoms with Crippen molar-refractivity contribution in [3.8, 4) is 0 Å². The SMILES string of the molecule is CCCCCCCCCCCCC(I)(C(=O)OCC)[n+]1ccccc1. The number of nitrogens with zero attached hydrogens (tertiary/aromatic N) is 1. The lowest BCUT2D eigenvalue weighted by molar-refractivity contribution is -0.719. The molecule has 0 N–H and O–H groups in total. The fourth-order valence-electron chi connectivity index (χ4n) is 3.06. The van der Waals surface area contributed by atoms with Crippen LogP contribution in [0.4, 0.5) is 0 Å². The third-order valence-corrected chi connectivity index (χ3v) is 6.11. The molecule has 1 aromatic heterocycles. The average molecular weight is 460 g/mol. The fourth-order valence-corrected chi connectivity index (χ4v) is 3.92. The van der Waals surface area contributed by atoms with E-state index in [4.69, 9.17) is 4.74 Å². The fraction of sp³-hybridized carbons (Fsp3) is 0.714. The van der Waals surface area contributed by atoms with E-state index in [0.29, 0.717) is 6.61 Å². The second-order valence-corrected chi connectivity index (χ2v) is 8.48. The van der Waals surface area contributed by atoms with Crippen LogP contribution in [0.25, 0.3) is 0 Å². The Morgan fingerprint density at radius 2 is 1.40 bits per heavy atom. The molecule has 1 rings (SSSR count). The van der Waals surface area contributed by atoms with Gasteiger partial charge in [0.05, 0.1) is 6.61 Å². The van der Waals surface area contributed by atoms with Gasteiger partial charge >= 0.3 is 9.51 Å². The first-order valence-electron chi connectivity index (χ1n) is 9.98. The monoisotopic (exact) mass is 460 g/mol. The molecule has 0 aliphatic rings. The van der Waals surface area contributed by atoms with Crippen molar-refractivity contribution >= 4 is 28.6 Å². The Bertz CT molecular complexity index is 466. The van der Waals surface area contributed by atoms with E-state index >= 15 is 0 Å². The van der Waals surface area contributed by atoms with Gasteiger partial charge in [-0.1, -0.05) is 70.8 Å². The predicted molar refractivity (Wildman–Crippen MR) is 112 cm³/mol. The molecule has 1 atom stereocenters. The number of ether oxygens (including phenoxy) is 1. The summed E-state index contributed by atoms with van der Waals surface area (Å²) in [7, 11) is 0. The van der Waals surface area contributed by atoms with Crippen molar-refractivity contribution in [2.24, 2.45) is 0 Å². The normalized spacial score (nSPS) is 13.4. The number of alkyl halides is 1. The van der Waals surface area contributed by atoms with Gasteiger partial charge in [0, 0.05) is 41.1 Å². The van der Waals surface area contributed by atoms with Gasteiger partial charge in [-0.25, -0.2) is 4.79 Å². The molecule has 142 valence electrons. The third-order valence-electron chi connectivity index (χ3n) is 4.57. The van der Waals surface area contributed by atoms with E-state index in [2.05, 4.69) is 29.5 Å². The van der Waals surface area contributed by atoms with Crippen LogP contribution >= 0.6 is 22.6 Å². The summed E-state index contributed by atoms with van der Waals surface area (Å²) in [6.07, 6.45) is 17.8. The minimum absolute atomic E-state index is 0.136. The highest BCUT2D eigenvalue weighted by molar-refractivity contribution is 14.1.